The molecule has 0 aliphatic rings. The molecule has 13 nitrogen and oxygen atoms in total. The molecule has 1 amide bonds. The van der Waals surface area contributed by atoms with Crippen LogP contribution in [0.3, 0.4) is 0 Å². The van der Waals surface area contributed by atoms with E-state index in [2.05, 4.69) is 26.1 Å². The molecule has 13 heteroatoms. The molecule has 32 heavy (non-hydrogen) atoms. The van der Waals surface area contributed by atoms with E-state index >= 15 is 0 Å². The third-order valence-electron chi connectivity index (χ3n) is 4.23. The van der Waals surface area contributed by atoms with Crippen LogP contribution in [0.2, 0.25) is 0 Å². The number of methoxy groups -OCH3 is 1. The number of hydrogen-bond donors (Lipinski definition) is 3. The molecule has 0 saturated heterocycles. The van der Waals surface area contributed by atoms with E-state index in [9.17, 15) is 25.0 Å². The number of nitro benzene ring substituents is 1. The number of amides is 1. The summed E-state index contributed by atoms with van der Waals surface area (Å²) in [5, 5.41) is 25.4. The predicted molar refractivity (Wildman–Crippen MR) is 114 cm³/mol. The molecule has 3 rings (SSSR count). The highest BCUT2D eigenvalue weighted by molar-refractivity contribution is 5.95. The third-order valence-corrected chi connectivity index (χ3v) is 4.23. The van der Waals surface area contributed by atoms with Crippen molar-refractivity contribution >= 4 is 34.6 Å². The first kappa shape index (κ1) is 21.9. The lowest BCUT2D eigenvalue weighted by Gasteiger charge is -2.13. The molecule has 2 aromatic carbocycles. The van der Waals surface area contributed by atoms with Gasteiger partial charge in [0.2, 0.25) is 11.6 Å². The number of carbonyl (C=O) groups excluding carboxylic acids is 1. The lowest BCUT2D eigenvalue weighted by molar-refractivity contribution is -0.384. The number of ether oxygens (including phenoxy) is 1. The largest absolute Gasteiger partial charge is 0.495 e. The van der Waals surface area contributed by atoms with Gasteiger partial charge in [0, 0.05) is 17.7 Å². The van der Waals surface area contributed by atoms with Crippen molar-refractivity contribution in [2.45, 2.75) is 6.92 Å². The van der Waals surface area contributed by atoms with Gasteiger partial charge in [-0.05, 0) is 30.7 Å². The average molecular weight is 439 g/mol. The van der Waals surface area contributed by atoms with E-state index in [0.29, 0.717) is 11.4 Å². The third kappa shape index (κ3) is 4.84. The number of aromatic nitrogens is 2. The van der Waals surface area contributed by atoms with Crippen molar-refractivity contribution in [3.05, 3.63) is 80.1 Å². The normalized spacial score (nSPS) is 10.2. The fourth-order valence-corrected chi connectivity index (χ4v) is 2.73. The number of hydrazine groups is 1. The number of benzene rings is 2. The van der Waals surface area contributed by atoms with Gasteiger partial charge in [0.05, 0.1) is 22.6 Å². The maximum Gasteiger partial charge on any atom is 0.355 e. The summed E-state index contributed by atoms with van der Waals surface area (Å²) in [7, 11) is 1.46. The van der Waals surface area contributed by atoms with Crippen LogP contribution in [-0.2, 0) is 0 Å². The Balaban J connectivity index is 1.86. The number of nitrogens with one attached hydrogen (secondary N) is 3. The van der Waals surface area contributed by atoms with Crippen molar-refractivity contribution in [2.24, 2.45) is 0 Å². The number of nitrogens with zero attached hydrogens (tertiary/aromatic N) is 4. The standard InChI is InChI=1S/C19H17N7O6/c1-11-6-7-15(32-2)14(8-11)22-17-16(26(30)31)18(21-10-20-17)23-24-19(27)12-4-3-5-13(9-12)25(28)29/h3-10H,1-2H3,(H,24,27)(H2,20,21,22,23). The minimum absolute atomic E-state index is 0.0220. The molecule has 0 bridgehead atoms. The average Bonchev–Trinajstić information content (AvgIpc) is 2.77. The van der Waals surface area contributed by atoms with Gasteiger partial charge >= 0.3 is 5.69 Å². The molecule has 3 N–H and O–H groups in total. The molecule has 1 aromatic heterocycles. The van der Waals surface area contributed by atoms with E-state index < -0.39 is 21.4 Å². The van der Waals surface area contributed by atoms with E-state index in [-0.39, 0.29) is 22.9 Å². The van der Waals surface area contributed by atoms with Crippen molar-refractivity contribution in [2.75, 3.05) is 17.9 Å². The Labute approximate surface area is 180 Å². The van der Waals surface area contributed by atoms with Crippen molar-refractivity contribution in [1.82, 2.24) is 15.4 Å². The molecule has 0 unspecified atom stereocenters. The maximum absolute atomic E-state index is 12.3. The maximum atomic E-state index is 12.3. The number of rotatable bonds is 8. The molecule has 1 heterocycles. The minimum atomic E-state index is -0.753. The summed E-state index contributed by atoms with van der Waals surface area (Å²) in [6.45, 7) is 1.84. The Bertz CT molecular complexity index is 1200. The van der Waals surface area contributed by atoms with Crippen LogP contribution in [0.25, 0.3) is 0 Å². The van der Waals surface area contributed by atoms with Crippen LogP contribution < -0.4 is 20.9 Å². The summed E-state index contributed by atoms with van der Waals surface area (Å²) in [5.74, 6) is -0.743. The summed E-state index contributed by atoms with van der Waals surface area (Å²) in [4.78, 5) is 41.3. The van der Waals surface area contributed by atoms with Crippen molar-refractivity contribution < 1.29 is 19.4 Å². The summed E-state index contributed by atoms with van der Waals surface area (Å²) in [5.41, 5.74) is 5.11. The van der Waals surface area contributed by atoms with Gasteiger partial charge in [0.1, 0.15) is 12.1 Å². The molecule has 3 aromatic rings. The first-order valence-electron chi connectivity index (χ1n) is 9.02. The lowest BCUT2D eigenvalue weighted by atomic mass is 10.2. The van der Waals surface area contributed by atoms with Crippen LogP contribution in [0.1, 0.15) is 15.9 Å². The SMILES string of the molecule is COc1ccc(C)cc1Nc1ncnc(NNC(=O)c2cccc([N+](=O)[O-])c2)c1[N+](=O)[O-]. The van der Waals surface area contributed by atoms with Crippen LogP contribution >= 0.6 is 0 Å². The monoisotopic (exact) mass is 439 g/mol. The van der Waals surface area contributed by atoms with Crippen LogP contribution in [0.5, 0.6) is 5.75 Å². The van der Waals surface area contributed by atoms with Crippen LogP contribution in [0.4, 0.5) is 28.7 Å². The van der Waals surface area contributed by atoms with Gasteiger partial charge in [0.25, 0.3) is 11.6 Å². The highest BCUT2D eigenvalue weighted by Gasteiger charge is 2.24. The Morgan fingerprint density at radius 2 is 1.78 bits per heavy atom. The number of anilines is 3. The summed E-state index contributed by atoms with van der Waals surface area (Å²) in [6.07, 6.45) is 1.07. The number of carbonyl (C=O) groups is 1. The van der Waals surface area contributed by atoms with Gasteiger partial charge in [-0.3, -0.25) is 35.9 Å². The molecule has 0 saturated carbocycles. The fraction of sp³-hybridized carbons (Fsp3) is 0.105. The Hall–Kier alpha value is -4.81. The van der Waals surface area contributed by atoms with Crippen molar-refractivity contribution in [3.8, 4) is 5.75 Å². The van der Waals surface area contributed by atoms with Gasteiger partial charge < -0.3 is 10.1 Å². The molecule has 0 aliphatic carbocycles. The molecule has 0 spiro atoms. The van der Waals surface area contributed by atoms with Gasteiger partial charge in [0.15, 0.2) is 0 Å². The van der Waals surface area contributed by atoms with Gasteiger partial charge in [-0.1, -0.05) is 12.1 Å². The lowest BCUT2D eigenvalue weighted by Crippen LogP contribution is -2.30. The van der Waals surface area contributed by atoms with E-state index in [1.54, 1.807) is 12.1 Å². The Morgan fingerprint density at radius 1 is 1.03 bits per heavy atom. The molecule has 164 valence electrons. The van der Waals surface area contributed by atoms with E-state index in [0.717, 1.165) is 18.0 Å². The van der Waals surface area contributed by atoms with Gasteiger partial charge in [-0.25, -0.2) is 9.97 Å². The van der Waals surface area contributed by atoms with Crippen LogP contribution in [-0.4, -0.2) is 32.8 Å². The first-order valence-corrected chi connectivity index (χ1v) is 9.02. The zero-order valence-electron chi connectivity index (χ0n) is 16.9. The number of hydrogen-bond acceptors (Lipinski definition) is 10. The van der Waals surface area contributed by atoms with E-state index in [4.69, 9.17) is 4.74 Å². The highest BCUT2D eigenvalue weighted by atomic mass is 16.6. The van der Waals surface area contributed by atoms with E-state index in [1.807, 2.05) is 13.0 Å². The summed E-state index contributed by atoms with van der Waals surface area (Å²) in [6, 6.07) is 10.2. The zero-order valence-corrected chi connectivity index (χ0v) is 16.9. The second kappa shape index (κ2) is 9.34. The first-order chi connectivity index (χ1) is 15.3. The second-order valence-corrected chi connectivity index (χ2v) is 6.39. The summed E-state index contributed by atoms with van der Waals surface area (Å²) >= 11 is 0. The van der Waals surface area contributed by atoms with Crippen LogP contribution in [0.15, 0.2) is 48.8 Å². The van der Waals surface area contributed by atoms with Crippen LogP contribution in [0, 0.1) is 27.2 Å². The topological polar surface area (TPSA) is 174 Å². The second-order valence-electron chi connectivity index (χ2n) is 6.39. The van der Waals surface area contributed by atoms with E-state index in [1.165, 1.54) is 25.3 Å². The number of nitro groups is 2. The molecule has 0 fully saturated rings. The zero-order chi connectivity index (χ0) is 23.3. The molecule has 0 radical (unpaired) electrons. The van der Waals surface area contributed by atoms with Gasteiger partial charge in [-0.2, -0.15) is 0 Å². The quantitative estimate of drug-likeness (QED) is 0.349. The Morgan fingerprint density at radius 3 is 2.47 bits per heavy atom. The van der Waals surface area contributed by atoms with Gasteiger partial charge in [-0.15, -0.1) is 0 Å². The highest BCUT2D eigenvalue weighted by Crippen LogP contribution is 2.34. The van der Waals surface area contributed by atoms with Crippen molar-refractivity contribution in [1.29, 1.82) is 0 Å². The molecular formula is C19H17N7O6. The molecule has 0 aliphatic heterocycles. The predicted octanol–water partition coefficient (Wildman–Crippen LogP) is 3.11. The smallest absolute Gasteiger partial charge is 0.355 e. The van der Waals surface area contributed by atoms with Crippen molar-refractivity contribution in [3.63, 3.8) is 0 Å². The fourth-order valence-electron chi connectivity index (χ4n) is 2.73. The number of non-ortho nitro benzene ring substituents is 1. The Kier molecular flexibility index (Phi) is 6.39. The minimum Gasteiger partial charge on any atom is -0.495 e. The summed E-state index contributed by atoms with van der Waals surface area (Å²) < 4.78 is 5.26. The molecule has 0 atom stereocenters. The number of aryl methyl sites for hydroxylation is 1. The molecular weight excluding hydrogens is 422 g/mol.